The molecule has 126 valence electrons. The largest absolute Gasteiger partial charge is 0.384 e. The smallest absolute Gasteiger partial charge is 0.193 e. The van der Waals surface area contributed by atoms with Gasteiger partial charge in [-0.1, -0.05) is 13.8 Å². The summed E-state index contributed by atoms with van der Waals surface area (Å²) in [6.07, 6.45) is 2.20. The number of halogens is 1. The SMILES string of the molecule is CN=C(NCCCOCC(C)C)N1CCC(COC)C1.I. The van der Waals surface area contributed by atoms with Crippen LogP contribution in [0.4, 0.5) is 0 Å². The quantitative estimate of drug-likeness (QED) is 0.287. The Hall–Kier alpha value is -0.0800. The molecule has 5 nitrogen and oxygen atoms in total. The Kier molecular flexibility index (Phi) is 12.4. The molecule has 1 N–H and O–H groups in total. The van der Waals surface area contributed by atoms with Crippen LogP contribution in [0.3, 0.4) is 0 Å². The summed E-state index contributed by atoms with van der Waals surface area (Å²) >= 11 is 0. The lowest BCUT2D eigenvalue weighted by Gasteiger charge is -2.21. The van der Waals surface area contributed by atoms with Gasteiger partial charge in [-0.25, -0.2) is 0 Å². The highest BCUT2D eigenvalue weighted by atomic mass is 127. The van der Waals surface area contributed by atoms with Gasteiger partial charge in [-0.05, 0) is 18.8 Å². The Morgan fingerprint density at radius 1 is 1.43 bits per heavy atom. The van der Waals surface area contributed by atoms with E-state index in [1.807, 2.05) is 7.05 Å². The van der Waals surface area contributed by atoms with Gasteiger partial charge in [0, 0.05) is 52.9 Å². The summed E-state index contributed by atoms with van der Waals surface area (Å²) in [7, 11) is 3.62. The van der Waals surface area contributed by atoms with Gasteiger partial charge in [0.2, 0.25) is 0 Å². The molecule has 1 heterocycles. The highest BCUT2D eigenvalue weighted by molar-refractivity contribution is 14.0. The van der Waals surface area contributed by atoms with Crippen molar-refractivity contribution in [2.45, 2.75) is 26.7 Å². The second kappa shape index (κ2) is 12.5. The van der Waals surface area contributed by atoms with Crippen LogP contribution in [0.1, 0.15) is 26.7 Å². The molecule has 1 rings (SSSR count). The van der Waals surface area contributed by atoms with E-state index in [-0.39, 0.29) is 24.0 Å². The van der Waals surface area contributed by atoms with Crippen LogP contribution in [0.25, 0.3) is 0 Å². The van der Waals surface area contributed by atoms with Gasteiger partial charge < -0.3 is 19.7 Å². The van der Waals surface area contributed by atoms with Crippen molar-refractivity contribution in [1.29, 1.82) is 0 Å². The Morgan fingerprint density at radius 3 is 2.81 bits per heavy atom. The summed E-state index contributed by atoms with van der Waals surface area (Å²) < 4.78 is 10.8. The third-order valence-corrected chi connectivity index (χ3v) is 3.40. The molecule has 0 amide bonds. The monoisotopic (exact) mass is 413 g/mol. The molecule has 0 aromatic rings. The van der Waals surface area contributed by atoms with Gasteiger partial charge in [0.25, 0.3) is 0 Å². The van der Waals surface area contributed by atoms with Crippen molar-refractivity contribution in [3.8, 4) is 0 Å². The van der Waals surface area contributed by atoms with Gasteiger partial charge in [0.05, 0.1) is 6.61 Å². The lowest BCUT2D eigenvalue weighted by Crippen LogP contribution is -2.40. The van der Waals surface area contributed by atoms with Crippen molar-refractivity contribution in [1.82, 2.24) is 10.2 Å². The summed E-state index contributed by atoms with van der Waals surface area (Å²) in [5.74, 6) is 2.25. The van der Waals surface area contributed by atoms with Crippen LogP contribution in [0.15, 0.2) is 4.99 Å². The number of ether oxygens (including phenoxy) is 2. The molecule has 0 aromatic carbocycles. The molecule has 0 aliphatic carbocycles. The van der Waals surface area contributed by atoms with E-state index in [0.717, 1.165) is 51.8 Å². The molecule has 0 spiro atoms. The minimum absolute atomic E-state index is 0. The Morgan fingerprint density at radius 2 is 2.19 bits per heavy atom. The van der Waals surface area contributed by atoms with Gasteiger partial charge in [0.1, 0.15) is 0 Å². The van der Waals surface area contributed by atoms with Gasteiger partial charge in [-0.3, -0.25) is 4.99 Å². The molecule has 1 unspecified atom stereocenters. The van der Waals surface area contributed by atoms with Crippen molar-refractivity contribution in [2.24, 2.45) is 16.8 Å². The second-order valence-corrected chi connectivity index (χ2v) is 5.85. The Balaban J connectivity index is 0.00000400. The third kappa shape index (κ3) is 8.83. The molecular formula is C15H32IN3O2. The summed E-state index contributed by atoms with van der Waals surface area (Å²) in [5.41, 5.74) is 0. The lowest BCUT2D eigenvalue weighted by molar-refractivity contribution is 0.108. The average Bonchev–Trinajstić information content (AvgIpc) is 2.86. The van der Waals surface area contributed by atoms with E-state index in [0.29, 0.717) is 11.8 Å². The number of hydrogen-bond acceptors (Lipinski definition) is 3. The van der Waals surface area contributed by atoms with Gasteiger partial charge >= 0.3 is 0 Å². The van der Waals surface area contributed by atoms with E-state index in [4.69, 9.17) is 9.47 Å². The van der Waals surface area contributed by atoms with Gasteiger partial charge in [0.15, 0.2) is 5.96 Å². The lowest BCUT2D eigenvalue weighted by atomic mass is 10.1. The number of hydrogen-bond donors (Lipinski definition) is 1. The minimum atomic E-state index is 0. The first-order valence-electron chi connectivity index (χ1n) is 7.69. The molecular weight excluding hydrogens is 381 g/mol. The van der Waals surface area contributed by atoms with Crippen molar-refractivity contribution < 1.29 is 9.47 Å². The Bertz CT molecular complexity index is 288. The first kappa shape index (κ1) is 20.9. The highest BCUT2D eigenvalue weighted by Gasteiger charge is 2.24. The van der Waals surface area contributed by atoms with Gasteiger partial charge in [-0.2, -0.15) is 0 Å². The van der Waals surface area contributed by atoms with Crippen LogP contribution in [-0.2, 0) is 9.47 Å². The maximum absolute atomic E-state index is 5.57. The standard InChI is InChI=1S/C15H31N3O2.HI/c1-13(2)11-20-9-5-7-17-15(16-3)18-8-6-14(10-18)12-19-4;/h13-14H,5-12H2,1-4H3,(H,16,17);1H. The number of nitrogens with zero attached hydrogens (tertiary/aromatic N) is 2. The summed E-state index contributed by atoms with van der Waals surface area (Å²) in [6, 6.07) is 0. The van der Waals surface area contributed by atoms with E-state index in [1.54, 1.807) is 7.11 Å². The zero-order valence-corrected chi connectivity index (χ0v) is 16.3. The van der Waals surface area contributed by atoms with Crippen LogP contribution in [0, 0.1) is 11.8 Å². The predicted molar refractivity (Wildman–Crippen MR) is 98.6 cm³/mol. The molecule has 1 aliphatic rings. The maximum atomic E-state index is 5.57. The first-order valence-corrected chi connectivity index (χ1v) is 7.69. The van der Waals surface area contributed by atoms with Crippen LogP contribution >= 0.6 is 24.0 Å². The van der Waals surface area contributed by atoms with Crippen molar-refractivity contribution in [3.63, 3.8) is 0 Å². The molecule has 6 heteroatoms. The fraction of sp³-hybridized carbons (Fsp3) is 0.933. The van der Waals surface area contributed by atoms with Crippen LogP contribution in [0.5, 0.6) is 0 Å². The van der Waals surface area contributed by atoms with E-state index in [2.05, 4.69) is 29.1 Å². The van der Waals surface area contributed by atoms with E-state index in [1.165, 1.54) is 6.42 Å². The molecule has 1 aliphatic heterocycles. The molecule has 1 atom stereocenters. The number of nitrogens with one attached hydrogen (secondary N) is 1. The normalized spacial score (nSPS) is 19.0. The number of guanidine groups is 1. The number of likely N-dealkylation sites (tertiary alicyclic amines) is 1. The molecule has 0 bridgehead atoms. The molecule has 21 heavy (non-hydrogen) atoms. The van der Waals surface area contributed by atoms with Crippen molar-refractivity contribution in [3.05, 3.63) is 0 Å². The van der Waals surface area contributed by atoms with Crippen LogP contribution < -0.4 is 5.32 Å². The van der Waals surface area contributed by atoms with Crippen LogP contribution in [-0.4, -0.2) is 64.5 Å². The number of methoxy groups -OCH3 is 1. The summed E-state index contributed by atoms with van der Waals surface area (Å²) in [4.78, 5) is 6.68. The van der Waals surface area contributed by atoms with Crippen LogP contribution in [0.2, 0.25) is 0 Å². The fourth-order valence-electron chi connectivity index (χ4n) is 2.42. The molecule has 1 saturated heterocycles. The molecule has 0 aromatic heterocycles. The Labute approximate surface area is 146 Å². The molecule has 0 saturated carbocycles. The maximum Gasteiger partial charge on any atom is 0.193 e. The van der Waals surface area contributed by atoms with Crippen molar-refractivity contribution in [2.75, 3.05) is 53.6 Å². The topological polar surface area (TPSA) is 46.1 Å². The zero-order chi connectivity index (χ0) is 14.8. The number of aliphatic imine (C=N–C) groups is 1. The zero-order valence-electron chi connectivity index (χ0n) is 13.9. The van der Waals surface area contributed by atoms with Crippen molar-refractivity contribution >= 4 is 29.9 Å². The highest BCUT2D eigenvalue weighted by Crippen LogP contribution is 2.16. The first-order chi connectivity index (χ1) is 9.67. The van der Waals surface area contributed by atoms with E-state index >= 15 is 0 Å². The molecule has 1 fully saturated rings. The van der Waals surface area contributed by atoms with E-state index < -0.39 is 0 Å². The molecule has 0 radical (unpaired) electrons. The van der Waals surface area contributed by atoms with Gasteiger partial charge in [-0.15, -0.1) is 24.0 Å². The summed E-state index contributed by atoms with van der Waals surface area (Å²) in [5, 5.41) is 3.42. The fourth-order valence-corrected chi connectivity index (χ4v) is 2.42. The number of rotatable bonds is 8. The average molecular weight is 413 g/mol. The predicted octanol–water partition coefficient (Wildman–Crippen LogP) is 2.21. The third-order valence-electron chi connectivity index (χ3n) is 3.40. The second-order valence-electron chi connectivity index (χ2n) is 5.85. The van der Waals surface area contributed by atoms with E-state index in [9.17, 15) is 0 Å². The minimum Gasteiger partial charge on any atom is -0.384 e. The summed E-state index contributed by atoms with van der Waals surface area (Å²) in [6.45, 7) is 9.86.